The average molecular weight is 534 g/mol. The molecule has 0 unspecified atom stereocenters. The van der Waals surface area contributed by atoms with Crippen molar-refractivity contribution in [1.82, 2.24) is 15.1 Å². The number of hydrogen-bond acceptors (Lipinski definition) is 9. The van der Waals surface area contributed by atoms with Crippen LogP contribution in [0, 0.1) is 0 Å². The lowest BCUT2D eigenvalue weighted by Gasteiger charge is -2.27. The predicted molar refractivity (Wildman–Crippen MR) is 128 cm³/mol. The zero-order valence-electron chi connectivity index (χ0n) is 20.1. The number of esters is 1. The molecular weight excluding hydrogens is 510 g/mol. The molecule has 12 nitrogen and oxygen atoms in total. The molecule has 1 aromatic heterocycles. The van der Waals surface area contributed by atoms with E-state index in [1.54, 1.807) is 4.90 Å². The summed E-state index contributed by atoms with van der Waals surface area (Å²) in [5.41, 5.74) is 0.258. The van der Waals surface area contributed by atoms with Crippen LogP contribution >= 0.6 is 11.6 Å². The van der Waals surface area contributed by atoms with Crippen molar-refractivity contribution < 1.29 is 42.5 Å². The smallest absolute Gasteiger partial charge is 0.373 e. The van der Waals surface area contributed by atoms with E-state index in [-0.39, 0.29) is 52.8 Å². The summed E-state index contributed by atoms with van der Waals surface area (Å²) in [4.78, 5) is 52.3. The van der Waals surface area contributed by atoms with Crippen molar-refractivity contribution >= 4 is 41.5 Å². The number of furan rings is 1. The minimum Gasteiger partial charge on any atom is -0.493 e. The van der Waals surface area contributed by atoms with Crippen LogP contribution in [0.2, 0.25) is 5.02 Å². The Hall–Kier alpha value is -4.03. The minimum absolute atomic E-state index is 0.0558. The van der Waals surface area contributed by atoms with Crippen LogP contribution in [0.4, 0.5) is 4.79 Å². The summed E-state index contributed by atoms with van der Waals surface area (Å²) in [6.45, 7) is 1.34. The number of nitrogens with one attached hydrogen (secondary N) is 1. The molecule has 0 radical (unpaired) electrons. The Kier molecular flexibility index (Phi) is 7.99. The summed E-state index contributed by atoms with van der Waals surface area (Å²) in [6, 6.07) is 5.19. The first-order valence-electron chi connectivity index (χ1n) is 11.2. The van der Waals surface area contributed by atoms with E-state index in [0.29, 0.717) is 31.9 Å². The fraction of sp³-hybridized carbons (Fsp3) is 0.333. The molecule has 0 spiro atoms. The van der Waals surface area contributed by atoms with Crippen LogP contribution in [0.1, 0.15) is 21.9 Å². The maximum absolute atomic E-state index is 13.0. The van der Waals surface area contributed by atoms with Gasteiger partial charge in [-0.1, -0.05) is 11.6 Å². The lowest BCUT2D eigenvalue weighted by Crippen LogP contribution is -2.43. The molecule has 0 atom stereocenters. The van der Waals surface area contributed by atoms with Gasteiger partial charge in [-0.05, 0) is 24.3 Å². The number of methoxy groups -OCH3 is 2. The van der Waals surface area contributed by atoms with Gasteiger partial charge in [0.05, 0.1) is 34.0 Å². The Morgan fingerprint density at radius 1 is 1.16 bits per heavy atom. The summed E-state index contributed by atoms with van der Waals surface area (Å²) in [5, 5.41) is 2.79. The Labute approximate surface area is 216 Å². The molecule has 1 N–H and O–H groups in total. The van der Waals surface area contributed by atoms with Crippen LogP contribution in [-0.4, -0.2) is 80.7 Å². The number of carbonyl (C=O) groups is 4. The van der Waals surface area contributed by atoms with E-state index in [9.17, 15) is 19.2 Å². The second-order valence-corrected chi connectivity index (χ2v) is 8.38. The van der Waals surface area contributed by atoms with Gasteiger partial charge >= 0.3 is 12.0 Å². The van der Waals surface area contributed by atoms with Crippen molar-refractivity contribution in [3.63, 3.8) is 0 Å². The summed E-state index contributed by atoms with van der Waals surface area (Å²) < 4.78 is 26.4. The molecule has 0 bridgehead atoms. The summed E-state index contributed by atoms with van der Waals surface area (Å²) >= 11 is 6.22. The summed E-state index contributed by atoms with van der Waals surface area (Å²) in [6.07, 6.45) is 1.38. The molecule has 4 amide bonds. The Morgan fingerprint density at radius 3 is 2.62 bits per heavy atom. The Morgan fingerprint density at radius 2 is 1.92 bits per heavy atom. The number of nitrogens with zero attached hydrogens (tertiary/aromatic N) is 2. The molecule has 2 saturated heterocycles. The molecule has 2 aliphatic heterocycles. The molecule has 0 saturated carbocycles. The highest BCUT2D eigenvalue weighted by Gasteiger charge is 2.35. The quantitative estimate of drug-likeness (QED) is 0.307. The number of urea groups is 1. The molecule has 37 heavy (non-hydrogen) atoms. The van der Waals surface area contributed by atoms with E-state index >= 15 is 0 Å². The Bertz CT molecular complexity index is 1250. The number of amides is 4. The molecule has 2 fully saturated rings. The van der Waals surface area contributed by atoms with Gasteiger partial charge in [-0.25, -0.2) is 9.59 Å². The zero-order valence-corrected chi connectivity index (χ0v) is 20.8. The van der Waals surface area contributed by atoms with Crippen LogP contribution < -0.4 is 14.8 Å². The first-order chi connectivity index (χ1) is 17.8. The van der Waals surface area contributed by atoms with Gasteiger partial charge in [-0.2, -0.15) is 0 Å². The van der Waals surface area contributed by atoms with E-state index in [4.69, 9.17) is 30.2 Å². The first-order valence-corrected chi connectivity index (χ1v) is 11.6. The predicted octanol–water partition coefficient (Wildman–Crippen LogP) is 2.06. The topological polar surface area (TPSA) is 137 Å². The normalized spacial score (nSPS) is 16.7. The number of carbonyl (C=O) groups excluding carboxylic acids is 4. The summed E-state index contributed by atoms with van der Waals surface area (Å²) in [5.74, 6) is -0.988. The highest BCUT2D eigenvalue weighted by atomic mass is 35.5. The van der Waals surface area contributed by atoms with Gasteiger partial charge in [-0.15, -0.1) is 0 Å². The van der Waals surface area contributed by atoms with Gasteiger partial charge in [0, 0.05) is 29.7 Å². The van der Waals surface area contributed by atoms with Crippen molar-refractivity contribution in [2.75, 3.05) is 47.1 Å². The monoisotopic (exact) mass is 533 g/mol. The average Bonchev–Trinajstić information content (AvgIpc) is 3.48. The molecule has 2 aromatic rings. The van der Waals surface area contributed by atoms with Crippen LogP contribution in [-0.2, 0) is 25.6 Å². The van der Waals surface area contributed by atoms with Gasteiger partial charge in [0.2, 0.25) is 5.76 Å². The fourth-order valence-corrected chi connectivity index (χ4v) is 3.96. The lowest BCUT2D eigenvalue weighted by atomic mass is 10.1. The van der Waals surface area contributed by atoms with Crippen LogP contribution in [0.25, 0.3) is 6.08 Å². The van der Waals surface area contributed by atoms with Gasteiger partial charge in [0.1, 0.15) is 11.5 Å². The lowest BCUT2D eigenvalue weighted by molar-refractivity contribution is -0.137. The third-order valence-electron chi connectivity index (χ3n) is 5.60. The van der Waals surface area contributed by atoms with E-state index in [1.807, 2.05) is 0 Å². The van der Waals surface area contributed by atoms with Crippen molar-refractivity contribution in [3.8, 4) is 11.5 Å². The third-order valence-corrected chi connectivity index (χ3v) is 5.81. The summed E-state index contributed by atoms with van der Waals surface area (Å²) in [7, 11) is 2.62. The zero-order chi connectivity index (χ0) is 26.5. The number of morpholine rings is 1. The number of benzene rings is 1. The van der Waals surface area contributed by atoms with Gasteiger partial charge in [-0.3, -0.25) is 14.5 Å². The molecule has 1 aromatic carbocycles. The second kappa shape index (κ2) is 11.4. The van der Waals surface area contributed by atoms with Crippen LogP contribution in [0.5, 0.6) is 11.5 Å². The standard InChI is InChI=1S/C24H24ClN3O9/c1-33-19-11-15(25)9-14(21(19)36-13-20(29)27-5-7-35-8-6-27)10-17-22(30)28(24(32)26-17)12-16-3-4-18(37-16)23(31)34-2/h3-4,9-11H,5-8,12-13H2,1-2H3,(H,26,32)/b17-10+. The number of imide groups is 1. The molecule has 196 valence electrons. The highest BCUT2D eigenvalue weighted by molar-refractivity contribution is 6.31. The SMILES string of the molecule is COC(=O)c1ccc(CN2C(=O)N/C(=C/c3cc(Cl)cc(OC)c3OCC(=O)N3CCOCC3)C2=O)o1. The maximum atomic E-state index is 13.0. The number of rotatable bonds is 8. The van der Waals surface area contributed by atoms with Crippen molar-refractivity contribution in [3.05, 3.63) is 52.1 Å². The van der Waals surface area contributed by atoms with Crippen molar-refractivity contribution in [2.24, 2.45) is 0 Å². The van der Waals surface area contributed by atoms with E-state index in [0.717, 1.165) is 4.90 Å². The molecule has 3 heterocycles. The highest BCUT2D eigenvalue weighted by Crippen LogP contribution is 2.36. The largest absolute Gasteiger partial charge is 0.493 e. The van der Waals surface area contributed by atoms with Gasteiger partial charge < -0.3 is 33.6 Å². The van der Waals surface area contributed by atoms with Gasteiger partial charge in [0.15, 0.2) is 18.1 Å². The second-order valence-electron chi connectivity index (χ2n) is 7.95. The molecular formula is C24H24ClN3O9. The third kappa shape index (κ3) is 5.87. The van der Waals surface area contributed by atoms with Crippen molar-refractivity contribution in [2.45, 2.75) is 6.54 Å². The number of ether oxygens (including phenoxy) is 4. The van der Waals surface area contributed by atoms with E-state index < -0.39 is 17.9 Å². The first kappa shape index (κ1) is 26.0. The van der Waals surface area contributed by atoms with E-state index in [1.165, 1.54) is 44.6 Å². The van der Waals surface area contributed by atoms with E-state index in [2.05, 4.69) is 10.1 Å². The molecule has 2 aliphatic rings. The Balaban J connectivity index is 1.54. The molecule has 13 heteroatoms. The number of halogens is 1. The molecule has 0 aliphatic carbocycles. The maximum Gasteiger partial charge on any atom is 0.373 e. The fourth-order valence-electron chi connectivity index (χ4n) is 3.74. The molecule has 4 rings (SSSR count). The van der Waals surface area contributed by atoms with Crippen molar-refractivity contribution in [1.29, 1.82) is 0 Å². The van der Waals surface area contributed by atoms with Crippen LogP contribution in [0.3, 0.4) is 0 Å². The van der Waals surface area contributed by atoms with Gasteiger partial charge in [0.25, 0.3) is 11.8 Å². The van der Waals surface area contributed by atoms with Crippen LogP contribution in [0.15, 0.2) is 34.4 Å². The number of hydrogen-bond donors (Lipinski definition) is 1. The minimum atomic E-state index is -0.689.